The average molecular weight is 298 g/mol. The average Bonchev–Trinajstić information content (AvgIpc) is 2.45. The molecular weight excluding hydrogens is 274 g/mol. The number of hydrogen-bond donors (Lipinski definition) is 2. The molecule has 0 saturated heterocycles. The van der Waals surface area contributed by atoms with Gasteiger partial charge in [0.15, 0.2) is 0 Å². The first-order valence-corrected chi connectivity index (χ1v) is 7.77. The van der Waals surface area contributed by atoms with E-state index in [1.54, 1.807) is 6.07 Å². The molecule has 2 rings (SSSR count). The van der Waals surface area contributed by atoms with E-state index in [0.717, 1.165) is 0 Å². The molecule has 1 aromatic rings. The van der Waals surface area contributed by atoms with Crippen molar-refractivity contribution in [3.05, 3.63) is 29.3 Å². The van der Waals surface area contributed by atoms with Crippen molar-refractivity contribution < 1.29 is 9.84 Å². The zero-order valence-corrected chi connectivity index (χ0v) is 12.8. The smallest absolute Gasteiger partial charge is 0.138 e. The summed E-state index contributed by atoms with van der Waals surface area (Å²) in [7, 11) is 0. The quantitative estimate of drug-likeness (QED) is 0.846. The summed E-state index contributed by atoms with van der Waals surface area (Å²) in [5.74, 6) is 0.622. The maximum absolute atomic E-state index is 10.0. The van der Waals surface area contributed by atoms with Gasteiger partial charge in [0.25, 0.3) is 0 Å². The molecule has 112 valence electrons. The Morgan fingerprint density at radius 1 is 1.30 bits per heavy atom. The van der Waals surface area contributed by atoms with E-state index < -0.39 is 6.10 Å². The minimum Gasteiger partial charge on any atom is -0.489 e. The summed E-state index contributed by atoms with van der Waals surface area (Å²) in [4.78, 5) is 0. The van der Waals surface area contributed by atoms with Gasteiger partial charge in [0.1, 0.15) is 18.5 Å². The highest BCUT2D eigenvalue weighted by Gasteiger charge is 2.26. The number of hydrogen-bond acceptors (Lipinski definition) is 3. The third-order valence-electron chi connectivity index (χ3n) is 3.99. The first-order chi connectivity index (χ1) is 9.59. The van der Waals surface area contributed by atoms with E-state index in [-0.39, 0.29) is 12.1 Å². The predicted molar refractivity (Wildman–Crippen MR) is 82.4 cm³/mol. The molecule has 0 bridgehead atoms. The Balaban J connectivity index is 1.73. The van der Waals surface area contributed by atoms with Crippen LogP contribution in [-0.2, 0) is 0 Å². The van der Waals surface area contributed by atoms with Crippen LogP contribution in [-0.4, -0.2) is 29.9 Å². The van der Waals surface area contributed by atoms with Gasteiger partial charge in [0.2, 0.25) is 0 Å². The lowest BCUT2D eigenvalue weighted by atomic mass is 9.83. The van der Waals surface area contributed by atoms with Gasteiger partial charge in [-0.3, -0.25) is 0 Å². The van der Waals surface area contributed by atoms with Crippen LogP contribution in [0, 0.1) is 0 Å². The molecule has 3 nitrogen and oxygen atoms in total. The number of halogens is 1. The molecule has 1 saturated carbocycles. The highest BCUT2D eigenvalue weighted by Crippen LogP contribution is 2.27. The topological polar surface area (TPSA) is 41.5 Å². The lowest BCUT2D eigenvalue weighted by Crippen LogP contribution is -2.48. The molecule has 0 heterocycles. The summed E-state index contributed by atoms with van der Waals surface area (Å²) in [6.07, 6.45) is 5.72. The highest BCUT2D eigenvalue weighted by atomic mass is 35.5. The molecule has 1 atom stereocenters. The van der Waals surface area contributed by atoms with Crippen LogP contribution in [0.5, 0.6) is 5.75 Å². The second-order valence-electron chi connectivity index (χ2n) is 5.90. The van der Waals surface area contributed by atoms with Crippen molar-refractivity contribution in [3.8, 4) is 5.75 Å². The first kappa shape index (κ1) is 15.6. The molecule has 1 fully saturated rings. The van der Waals surface area contributed by atoms with Crippen LogP contribution in [0.15, 0.2) is 24.3 Å². The predicted octanol–water partition coefficient (Wildman–Crippen LogP) is 3.39. The maximum Gasteiger partial charge on any atom is 0.138 e. The number of benzene rings is 1. The van der Waals surface area contributed by atoms with E-state index in [0.29, 0.717) is 17.3 Å². The van der Waals surface area contributed by atoms with E-state index in [4.69, 9.17) is 16.3 Å². The number of ether oxygens (including phenoxy) is 1. The van der Waals surface area contributed by atoms with Crippen LogP contribution < -0.4 is 10.1 Å². The molecule has 4 heteroatoms. The second kappa shape index (κ2) is 7.30. The lowest BCUT2D eigenvalue weighted by molar-refractivity contribution is 0.0931. The number of rotatable bonds is 6. The normalized spacial score (nSPS) is 19.6. The number of aliphatic hydroxyl groups excluding tert-OH is 1. The number of β-amino-alcohol motifs (C(OH)–C–C–N with tert-alkyl or cyclic N) is 1. The Labute approximate surface area is 126 Å². The zero-order valence-electron chi connectivity index (χ0n) is 12.1. The zero-order chi connectivity index (χ0) is 14.4. The molecule has 0 spiro atoms. The van der Waals surface area contributed by atoms with Crippen molar-refractivity contribution in [3.63, 3.8) is 0 Å². The third-order valence-corrected chi connectivity index (χ3v) is 4.30. The van der Waals surface area contributed by atoms with Crippen molar-refractivity contribution >= 4 is 11.6 Å². The Bertz CT molecular complexity index is 419. The monoisotopic (exact) mass is 297 g/mol. The van der Waals surface area contributed by atoms with Gasteiger partial charge in [-0.05, 0) is 31.9 Å². The molecule has 1 unspecified atom stereocenters. The van der Waals surface area contributed by atoms with Gasteiger partial charge in [-0.2, -0.15) is 0 Å². The van der Waals surface area contributed by atoms with Crippen molar-refractivity contribution in [2.24, 2.45) is 0 Å². The fraction of sp³-hybridized carbons (Fsp3) is 0.625. The molecular formula is C16H24ClNO2. The summed E-state index contributed by atoms with van der Waals surface area (Å²) in [5.41, 5.74) is 0.170. The first-order valence-electron chi connectivity index (χ1n) is 7.39. The Kier molecular flexibility index (Phi) is 5.70. The maximum atomic E-state index is 10.0. The van der Waals surface area contributed by atoms with Crippen LogP contribution in [0.2, 0.25) is 5.02 Å². The Morgan fingerprint density at radius 2 is 2.00 bits per heavy atom. The van der Waals surface area contributed by atoms with E-state index in [1.165, 1.54) is 32.1 Å². The van der Waals surface area contributed by atoms with Gasteiger partial charge in [0, 0.05) is 12.1 Å². The lowest BCUT2D eigenvalue weighted by Gasteiger charge is -2.35. The number of para-hydroxylation sites is 1. The summed E-state index contributed by atoms with van der Waals surface area (Å²) >= 11 is 6.01. The van der Waals surface area contributed by atoms with E-state index >= 15 is 0 Å². The van der Waals surface area contributed by atoms with Gasteiger partial charge < -0.3 is 15.2 Å². The van der Waals surface area contributed by atoms with Crippen molar-refractivity contribution in [1.82, 2.24) is 5.32 Å². The van der Waals surface area contributed by atoms with Gasteiger partial charge in [-0.1, -0.05) is 43.0 Å². The van der Waals surface area contributed by atoms with Gasteiger partial charge >= 0.3 is 0 Å². The SMILES string of the molecule is CC1(NCC(O)COc2ccccc2Cl)CCCCC1. The highest BCUT2D eigenvalue weighted by molar-refractivity contribution is 6.32. The fourth-order valence-corrected chi connectivity index (χ4v) is 2.87. The van der Waals surface area contributed by atoms with Gasteiger partial charge in [-0.15, -0.1) is 0 Å². The molecule has 20 heavy (non-hydrogen) atoms. The fourth-order valence-electron chi connectivity index (χ4n) is 2.68. The summed E-state index contributed by atoms with van der Waals surface area (Å²) in [6.45, 7) is 3.06. The van der Waals surface area contributed by atoms with Gasteiger partial charge in [-0.25, -0.2) is 0 Å². The Hall–Kier alpha value is -0.770. The molecule has 1 aliphatic carbocycles. The molecule has 2 N–H and O–H groups in total. The summed E-state index contributed by atoms with van der Waals surface area (Å²) < 4.78 is 5.55. The minimum absolute atomic E-state index is 0.170. The minimum atomic E-state index is -0.523. The summed E-state index contributed by atoms with van der Waals surface area (Å²) in [5, 5.41) is 14.1. The third kappa shape index (κ3) is 4.65. The van der Waals surface area contributed by atoms with Gasteiger partial charge in [0.05, 0.1) is 5.02 Å². The van der Waals surface area contributed by atoms with Crippen LogP contribution in [0.4, 0.5) is 0 Å². The Morgan fingerprint density at radius 3 is 2.70 bits per heavy atom. The van der Waals surface area contributed by atoms with Crippen molar-refractivity contribution in [2.75, 3.05) is 13.2 Å². The number of aliphatic hydroxyl groups is 1. The second-order valence-corrected chi connectivity index (χ2v) is 6.30. The van der Waals surface area contributed by atoms with Crippen LogP contribution in [0.25, 0.3) is 0 Å². The van der Waals surface area contributed by atoms with Crippen LogP contribution in [0.3, 0.4) is 0 Å². The number of nitrogens with one attached hydrogen (secondary N) is 1. The molecule has 1 aromatic carbocycles. The molecule has 0 radical (unpaired) electrons. The van der Waals surface area contributed by atoms with Crippen molar-refractivity contribution in [2.45, 2.75) is 50.7 Å². The molecule has 0 aromatic heterocycles. The van der Waals surface area contributed by atoms with Crippen LogP contribution in [0.1, 0.15) is 39.0 Å². The summed E-state index contributed by atoms with van der Waals surface area (Å²) in [6, 6.07) is 7.32. The van der Waals surface area contributed by atoms with E-state index in [1.807, 2.05) is 18.2 Å². The van der Waals surface area contributed by atoms with E-state index in [9.17, 15) is 5.11 Å². The van der Waals surface area contributed by atoms with E-state index in [2.05, 4.69) is 12.2 Å². The van der Waals surface area contributed by atoms with Crippen LogP contribution >= 0.6 is 11.6 Å². The molecule has 0 aliphatic heterocycles. The standard InChI is InChI=1S/C16H24ClNO2/c1-16(9-5-2-6-10-16)18-11-13(19)12-20-15-8-4-3-7-14(15)17/h3-4,7-8,13,18-19H,2,5-6,9-12H2,1H3. The molecule has 1 aliphatic rings. The van der Waals surface area contributed by atoms with Crippen molar-refractivity contribution in [1.29, 1.82) is 0 Å². The largest absolute Gasteiger partial charge is 0.489 e. The molecule has 0 amide bonds.